The van der Waals surface area contributed by atoms with Crippen molar-refractivity contribution in [3.05, 3.63) is 112 Å². The number of nitrogens with zero attached hydrogens (tertiary/aromatic N) is 1. The fourth-order valence-electron chi connectivity index (χ4n) is 3.38. The predicted molar refractivity (Wildman–Crippen MR) is 124 cm³/mol. The molecule has 2 N–H and O–H groups in total. The number of hydrogen-bond acceptors (Lipinski definition) is 4. The Kier molecular flexibility index (Phi) is 6.09. The average molecular weight is 432 g/mol. The van der Waals surface area contributed by atoms with Gasteiger partial charge in [-0.1, -0.05) is 36.4 Å². The van der Waals surface area contributed by atoms with Gasteiger partial charge in [0, 0.05) is 21.7 Å². The van der Waals surface area contributed by atoms with E-state index >= 15 is 0 Å². The molecule has 0 saturated heterocycles. The summed E-state index contributed by atoms with van der Waals surface area (Å²) in [7, 11) is 0. The van der Waals surface area contributed by atoms with Crippen LogP contribution in [0, 0.1) is 19.7 Å². The number of hydrogen-bond donors (Lipinski definition) is 2. The molecule has 0 saturated carbocycles. The third-order valence-electron chi connectivity index (χ3n) is 4.84. The average Bonchev–Trinajstić information content (AvgIpc) is 3.13. The molecular formula is C25H22FN3OS. The SMILES string of the molecule is Cc1cccc(N[C@H](c2ccc(F)cc2)c2cc(C)sc2NC(=O)c2ccccc2)n1. The van der Waals surface area contributed by atoms with Crippen LogP contribution in [0.1, 0.15) is 38.1 Å². The molecule has 0 spiro atoms. The van der Waals surface area contributed by atoms with E-state index in [1.54, 1.807) is 24.3 Å². The topological polar surface area (TPSA) is 54.0 Å². The van der Waals surface area contributed by atoms with Gasteiger partial charge in [-0.05, 0) is 61.9 Å². The summed E-state index contributed by atoms with van der Waals surface area (Å²) in [6.07, 6.45) is 0. The number of anilines is 2. The molecular weight excluding hydrogens is 409 g/mol. The van der Waals surface area contributed by atoms with Crippen LogP contribution in [0.5, 0.6) is 0 Å². The first-order valence-corrected chi connectivity index (χ1v) is 10.7. The zero-order valence-corrected chi connectivity index (χ0v) is 18.0. The second-order valence-electron chi connectivity index (χ2n) is 7.25. The molecule has 0 bridgehead atoms. The van der Waals surface area contributed by atoms with E-state index in [1.807, 2.05) is 56.3 Å². The van der Waals surface area contributed by atoms with Crippen LogP contribution in [-0.4, -0.2) is 10.9 Å². The van der Waals surface area contributed by atoms with Gasteiger partial charge in [0.05, 0.1) is 6.04 Å². The Hall–Kier alpha value is -3.51. The lowest BCUT2D eigenvalue weighted by Gasteiger charge is -2.21. The quantitative estimate of drug-likeness (QED) is 0.374. The maximum atomic E-state index is 13.6. The van der Waals surface area contributed by atoms with E-state index in [-0.39, 0.29) is 17.8 Å². The summed E-state index contributed by atoms with van der Waals surface area (Å²) in [5, 5.41) is 7.26. The van der Waals surface area contributed by atoms with Crippen LogP contribution in [0.3, 0.4) is 0 Å². The van der Waals surface area contributed by atoms with Crippen molar-refractivity contribution in [1.82, 2.24) is 4.98 Å². The molecule has 2 aromatic carbocycles. The maximum Gasteiger partial charge on any atom is 0.256 e. The van der Waals surface area contributed by atoms with Crippen molar-refractivity contribution in [2.45, 2.75) is 19.9 Å². The number of thiophene rings is 1. The largest absolute Gasteiger partial charge is 0.359 e. The lowest BCUT2D eigenvalue weighted by Crippen LogP contribution is -2.17. The lowest BCUT2D eigenvalue weighted by molar-refractivity contribution is 0.102. The fraction of sp³-hybridized carbons (Fsp3) is 0.120. The molecule has 6 heteroatoms. The highest BCUT2D eigenvalue weighted by atomic mass is 32.1. The van der Waals surface area contributed by atoms with Gasteiger partial charge in [0.25, 0.3) is 5.91 Å². The minimum absolute atomic E-state index is 0.171. The third kappa shape index (κ3) is 4.98. The zero-order valence-electron chi connectivity index (χ0n) is 17.2. The molecule has 4 rings (SSSR count). The minimum Gasteiger partial charge on any atom is -0.359 e. The molecule has 0 unspecified atom stereocenters. The van der Waals surface area contributed by atoms with E-state index in [0.717, 1.165) is 26.7 Å². The van der Waals surface area contributed by atoms with Crippen LogP contribution < -0.4 is 10.6 Å². The summed E-state index contributed by atoms with van der Waals surface area (Å²) in [5.41, 5.74) is 3.26. The summed E-state index contributed by atoms with van der Waals surface area (Å²) < 4.78 is 13.6. The van der Waals surface area contributed by atoms with Gasteiger partial charge in [-0.25, -0.2) is 9.37 Å². The number of nitrogens with one attached hydrogen (secondary N) is 2. The first kappa shape index (κ1) is 20.8. The molecule has 156 valence electrons. The number of amides is 1. The van der Waals surface area contributed by atoms with Gasteiger partial charge < -0.3 is 10.6 Å². The van der Waals surface area contributed by atoms with Gasteiger partial charge >= 0.3 is 0 Å². The Morgan fingerprint density at radius 1 is 0.968 bits per heavy atom. The summed E-state index contributed by atoms with van der Waals surface area (Å²) in [6.45, 7) is 3.93. The number of rotatable bonds is 6. The summed E-state index contributed by atoms with van der Waals surface area (Å²) in [5.74, 6) is 0.240. The summed E-state index contributed by atoms with van der Waals surface area (Å²) in [4.78, 5) is 18.4. The van der Waals surface area contributed by atoms with E-state index < -0.39 is 0 Å². The molecule has 2 heterocycles. The molecule has 0 fully saturated rings. The van der Waals surface area contributed by atoms with Crippen LogP contribution in [0.15, 0.2) is 78.9 Å². The van der Waals surface area contributed by atoms with Crippen LogP contribution in [0.25, 0.3) is 0 Å². The third-order valence-corrected chi connectivity index (χ3v) is 5.82. The second kappa shape index (κ2) is 9.10. The van der Waals surface area contributed by atoms with Crippen molar-refractivity contribution in [2.75, 3.05) is 10.6 Å². The zero-order chi connectivity index (χ0) is 21.8. The fourth-order valence-corrected chi connectivity index (χ4v) is 4.32. The first-order valence-electron chi connectivity index (χ1n) is 9.92. The first-order chi connectivity index (χ1) is 15.0. The van der Waals surface area contributed by atoms with Gasteiger partial charge in [0.15, 0.2) is 0 Å². The van der Waals surface area contributed by atoms with E-state index in [0.29, 0.717) is 11.4 Å². The summed E-state index contributed by atoms with van der Waals surface area (Å²) >= 11 is 1.51. The Morgan fingerprint density at radius 2 is 1.71 bits per heavy atom. The highest BCUT2D eigenvalue weighted by Gasteiger charge is 2.22. The monoisotopic (exact) mass is 431 g/mol. The van der Waals surface area contributed by atoms with Crippen LogP contribution in [0.2, 0.25) is 0 Å². The van der Waals surface area contributed by atoms with E-state index in [4.69, 9.17) is 0 Å². The molecule has 4 nitrogen and oxygen atoms in total. The van der Waals surface area contributed by atoms with Crippen molar-refractivity contribution in [3.8, 4) is 0 Å². The van der Waals surface area contributed by atoms with Crippen LogP contribution >= 0.6 is 11.3 Å². The number of halogens is 1. The number of carbonyl (C=O) groups is 1. The van der Waals surface area contributed by atoms with E-state index in [9.17, 15) is 9.18 Å². The van der Waals surface area contributed by atoms with Crippen molar-refractivity contribution in [2.24, 2.45) is 0 Å². The molecule has 4 aromatic rings. The van der Waals surface area contributed by atoms with Gasteiger partial charge in [0.2, 0.25) is 0 Å². The van der Waals surface area contributed by atoms with Gasteiger partial charge in [0.1, 0.15) is 16.6 Å². The number of aromatic nitrogens is 1. The molecule has 0 aliphatic carbocycles. The van der Waals surface area contributed by atoms with Crippen molar-refractivity contribution >= 4 is 28.1 Å². The smallest absolute Gasteiger partial charge is 0.256 e. The van der Waals surface area contributed by atoms with Crippen LogP contribution in [-0.2, 0) is 0 Å². The molecule has 0 aliphatic rings. The lowest BCUT2D eigenvalue weighted by atomic mass is 9.99. The van der Waals surface area contributed by atoms with Gasteiger partial charge in [-0.3, -0.25) is 4.79 Å². The molecule has 2 aromatic heterocycles. The Morgan fingerprint density at radius 3 is 2.42 bits per heavy atom. The van der Waals surface area contributed by atoms with Gasteiger partial charge in [-0.2, -0.15) is 0 Å². The Balaban J connectivity index is 1.72. The Bertz CT molecular complexity index is 1190. The van der Waals surface area contributed by atoms with Crippen molar-refractivity contribution in [1.29, 1.82) is 0 Å². The Labute approximate surface area is 184 Å². The van der Waals surface area contributed by atoms with E-state index in [1.165, 1.54) is 23.5 Å². The molecule has 0 aliphatic heterocycles. The minimum atomic E-state index is -0.314. The molecule has 1 atom stereocenters. The van der Waals surface area contributed by atoms with E-state index in [2.05, 4.69) is 15.6 Å². The highest BCUT2D eigenvalue weighted by Crippen LogP contribution is 2.37. The van der Waals surface area contributed by atoms with Gasteiger partial charge in [-0.15, -0.1) is 11.3 Å². The maximum absolute atomic E-state index is 13.6. The molecule has 31 heavy (non-hydrogen) atoms. The van der Waals surface area contributed by atoms with Crippen molar-refractivity contribution in [3.63, 3.8) is 0 Å². The highest BCUT2D eigenvalue weighted by molar-refractivity contribution is 7.16. The standard InChI is InChI=1S/C25H22FN3OS/c1-16-7-6-10-22(27-16)28-23(18-11-13-20(26)14-12-18)21-15-17(2)31-25(21)29-24(30)19-8-4-3-5-9-19/h3-15,23H,1-2H3,(H,27,28)(H,29,30)/t23-/m1/s1. The number of aryl methyl sites for hydroxylation is 2. The second-order valence-corrected chi connectivity index (χ2v) is 8.51. The molecule has 1 amide bonds. The predicted octanol–water partition coefficient (Wildman–Crippen LogP) is 6.35. The molecule has 0 radical (unpaired) electrons. The number of benzene rings is 2. The van der Waals surface area contributed by atoms with Crippen molar-refractivity contribution < 1.29 is 9.18 Å². The number of pyridine rings is 1. The normalized spacial score (nSPS) is 11.7. The van der Waals surface area contributed by atoms with Crippen LogP contribution in [0.4, 0.5) is 15.2 Å². The summed E-state index contributed by atoms with van der Waals surface area (Å²) in [6, 6.07) is 23.0. The number of carbonyl (C=O) groups excluding carboxylic acids is 1.